The van der Waals surface area contributed by atoms with Crippen molar-refractivity contribution >= 4 is 10.8 Å². The first kappa shape index (κ1) is 16.4. The van der Waals surface area contributed by atoms with E-state index >= 15 is 0 Å². The molecule has 0 saturated heterocycles. The summed E-state index contributed by atoms with van der Waals surface area (Å²) in [4.78, 5) is 0. The molecule has 0 saturated carbocycles. The molecular weight excluding hydrogens is 302 g/mol. The second-order valence-electron chi connectivity index (χ2n) is 7.96. The summed E-state index contributed by atoms with van der Waals surface area (Å²) >= 11 is 0. The number of nitrogens with two attached hydrogens (primary N) is 1. The van der Waals surface area contributed by atoms with Crippen molar-refractivity contribution in [2.75, 3.05) is 0 Å². The van der Waals surface area contributed by atoms with Gasteiger partial charge in [0.1, 0.15) is 0 Å². The molecule has 1 nitrogen and oxygen atoms in total. The number of benzene rings is 3. The lowest BCUT2D eigenvalue weighted by Gasteiger charge is -2.29. The van der Waals surface area contributed by atoms with Crippen molar-refractivity contribution in [1.29, 1.82) is 0 Å². The predicted molar refractivity (Wildman–Crippen MR) is 108 cm³/mol. The van der Waals surface area contributed by atoms with Gasteiger partial charge < -0.3 is 5.73 Å². The minimum Gasteiger partial charge on any atom is -0.321 e. The summed E-state index contributed by atoms with van der Waals surface area (Å²) in [5.41, 5.74) is 13.3. The molecule has 0 spiro atoms. The number of rotatable bonds is 3. The van der Waals surface area contributed by atoms with Crippen LogP contribution in [0.3, 0.4) is 0 Å². The summed E-state index contributed by atoms with van der Waals surface area (Å²) in [7, 11) is 0. The van der Waals surface area contributed by atoms with Crippen LogP contribution < -0.4 is 5.73 Å². The van der Waals surface area contributed by atoms with E-state index in [1.807, 2.05) is 0 Å². The van der Waals surface area contributed by atoms with E-state index in [2.05, 4.69) is 82.3 Å². The third kappa shape index (κ3) is 2.19. The van der Waals surface area contributed by atoms with Gasteiger partial charge in [0.05, 0.1) is 0 Å². The molecule has 1 aliphatic carbocycles. The van der Waals surface area contributed by atoms with Gasteiger partial charge in [-0.15, -0.1) is 0 Å². The highest BCUT2D eigenvalue weighted by molar-refractivity contribution is 6.02. The van der Waals surface area contributed by atoms with Crippen LogP contribution in [0.2, 0.25) is 0 Å². The average molecular weight is 329 g/mol. The van der Waals surface area contributed by atoms with Crippen LogP contribution in [0.5, 0.6) is 0 Å². The van der Waals surface area contributed by atoms with Crippen LogP contribution in [0.1, 0.15) is 57.2 Å². The fourth-order valence-corrected chi connectivity index (χ4v) is 4.47. The Hall–Kier alpha value is -2.12. The molecule has 2 N–H and O–H groups in total. The lowest BCUT2D eigenvalue weighted by Crippen LogP contribution is -2.35. The molecular formula is C24H27N. The van der Waals surface area contributed by atoms with E-state index in [0.717, 1.165) is 12.8 Å². The second-order valence-corrected chi connectivity index (χ2v) is 7.96. The molecule has 3 aromatic rings. The van der Waals surface area contributed by atoms with Gasteiger partial charge in [-0.1, -0.05) is 82.3 Å². The van der Waals surface area contributed by atoms with Crippen molar-refractivity contribution in [3.8, 4) is 11.1 Å². The highest BCUT2D eigenvalue weighted by atomic mass is 14.7. The van der Waals surface area contributed by atoms with Crippen molar-refractivity contribution in [3.63, 3.8) is 0 Å². The smallest absolute Gasteiger partial charge is 0.0404 e. The monoisotopic (exact) mass is 329 g/mol. The fraction of sp³-hybridized carbons (Fsp3) is 0.333. The van der Waals surface area contributed by atoms with Gasteiger partial charge in [0.15, 0.2) is 0 Å². The van der Waals surface area contributed by atoms with E-state index in [9.17, 15) is 0 Å². The highest BCUT2D eigenvalue weighted by Crippen LogP contribution is 2.52. The molecule has 0 bridgehead atoms. The molecule has 3 aromatic carbocycles. The number of hydrogen-bond acceptors (Lipinski definition) is 1. The Kier molecular flexibility index (Phi) is 3.56. The molecule has 1 heteroatoms. The molecule has 0 heterocycles. The topological polar surface area (TPSA) is 26.0 Å². The summed E-state index contributed by atoms with van der Waals surface area (Å²) in [5.74, 6) is 0. The van der Waals surface area contributed by atoms with Crippen LogP contribution in [-0.2, 0) is 11.0 Å². The Bertz CT molecular complexity index is 961. The number of hydrogen-bond donors (Lipinski definition) is 1. The first-order valence-corrected chi connectivity index (χ1v) is 9.39. The maximum absolute atomic E-state index is 6.70. The van der Waals surface area contributed by atoms with Gasteiger partial charge in [-0.2, -0.15) is 0 Å². The minimum atomic E-state index is -0.234. The third-order valence-electron chi connectivity index (χ3n) is 6.40. The minimum absolute atomic E-state index is 0.00704. The van der Waals surface area contributed by atoms with Crippen molar-refractivity contribution in [2.45, 2.75) is 51.5 Å². The maximum atomic E-state index is 6.70. The predicted octanol–water partition coefficient (Wildman–Crippen LogP) is 6.12. The van der Waals surface area contributed by atoms with Crippen molar-refractivity contribution in [1.82, 2.24) is 0 Å². The van der Waals surface area contributed by atoms with Crippen LogP contribution in [0.25, 0.3) is 21.9 Å². The summed E-state index contributed by atoms with van der Waals surface area (Å²) in [6.45, 7) is 9.05. The van der Waals surface area contributed by atoms with Crippen molar-refractivity contribution < 1.29 is 0 Å². The van der Waals surface area contributed by atoms with E-state index in [-0.39, 0.29) is 11.0 Å². The zero-order valence-corrected chi connectivity index (χ0v) is 15.7. The lowest BCUT2D eigenvalue weighted by molar-refractivity contribution is 0.412. The molecule has 25 heavy (non-hydrogen) atoms. The van der Waals surface area contributed by atoms with Crippen molar-refractivity contribution in [3.05, 3.63) is 71.3 Å². The molecule has 0 aromatic heterocycles. The molecule has 0 fully saturated rings. The second kappa shape index (κ2) is 5.44. The van der Waals surface area contributed by atoms with Gasteiger partial charge in [-0.05, 0) is 51.4 Å². The molecule has 4 rings (SSSR count). The quantitative estimate of drug-likeness (QED) is 0.615. The van der Waals surface area contributed by atoms with Gasteiger partial charge in [-0.3, -0.25) is 0 Å². The Labute approximate surface area is 150 Å². The largest absolute Gasteiger partial charge is 0.321 e. The van der Waals surface area contributed by atoms with Gasteiger partial charge in [0, 0.05) is 11.0 Å². The zero-order valence-electron chi connectivity index (χ0n) is 15.7. The van der Waals surface area contributed by atoms with E-state index in [0.29, 0.717) is 0 Å². The standard InChI is InChI=1S/C24H27N/c1-5-24(25,6-2)17-12-13-19-21(15-17)23(3,4)20-14-11-16-9-7-8-10-18(16)22(19)20/h7-15H,5-6,25H2,1-4H3. The van der Waals surface area contributed by atoms with Crippen LogP contribution in [0, 0.1) is 0 Å². The Morgan fingerprint density at radius 3 is 2.32 bits per heavy atom. The molecule has 0 amide bonds. The van der Waals surface area contributed by atoms with Gasteiger partial charge >= 0.3 is 0 Å². The Morgan fingerprint density at radius 2 is 1.60 bits per heavy atom. The Morgan fingerprint density at radius 1 is 0.880 bits per heavy atom. The van der Waals surface area contributed by atoms with E-state index in [1.54, 1.807) is 0 Å². The SMILES string of the molecule is CCC(N)(CC)c1ccc2c(c1)C(C)(C)c1ccc3ccccc3c1-2. The molecule has 1 aliphatic rings. The van der Waals surface area contributed by atoms with Crippen LogP contribution in [-0.4, -0.2) is 0 Å². The van der Waals surface area contributed by atoms with E-state index < -0.39 is 0 Å². The molecule has 0 radical (unpaired) electrons. The van der Waals surface area contributed by atoms with Gasteiger partial charge in [-0.25, -0.2) is 0 Å². The first-order valence-electron chi connectivity index (χ1n) is 9.39. The van der Waals surface area contributed by atoms with Crippen molar-refractivity contribution in [2.24, 2.45) is 5.73 Å². The van der Waals surface area contributed by atoms with Crippen LogP contribution >= 0.6 is 0 Å². The zero-order chi connectivity index (χ0) is 17.8. The average Bonchev–Trinajstić information content (AvgIpc) is 2.88. The normalized spacial score (nSPS) is 15.2. The summed E-state index contributed by atoms with van der Waals surface area (Å²) in [6, 6.07) is 20.2. The molecule has 0 atom stereocenters. The van der Waals surface area contributed by atoms with Gasteiger partial charge in [0.2, 0.25) is 0 Å². The van der Waals surface area contributed by atoms with Crippen LogP contribution in [0.15, 0.2) is 54.6 Å². The third-order valence-corrected chi connectivity index (χ3v) is 6.40. The Balaban J connectivity index is 2.01. The summed E-state index contributed by atoms with van der Waals surface area (Å²) < 4.78 is 0. The molecule has 0 unspecified atom stereocenters. The van der Waals surface area contributed by atoms with Crippen LogP contribution in [0.4, 0.5) is 0 Å². The first-order chi connectivity index (χ1) is 11.9. The lowest BCUT2D eigenvalue weighted by atomic mass is 9.79. The molecule has 128 valence electrons. The maximum Gasteiger partial charge on any atom is 0.0404 e. The van der Waals surface area contributed by atoms with Gasteiger partial charge in [0.25, 0.3) is 0 Å². The molecule has 0 aliphatic heterocycles. The number of fused-ring (bicyclic) bond motifs is 5. The van der Waals surface area contributed by atoms with E-state index in [1.165, 1.54) is 38.6 Å². The van der Waals surface area contributed by atoms with E-state index in [4.69, 9.17) is 5.73 Å². The fourth-order valence-electron chi connectivity index (χ4n) is 4.47. The summed E-state index contributed by atoms with van der Waals surface area (Å²) in [5, 5.41) is 2.66. The summed E-state index contributed by atoms with van der Waals surface area (Å²) in [6.07, 6.45) is 1.91. The highest BCUT2D eigenvalue weighted by Gasteiger charge is 2.37.